The highest BCUT2D eigenvalue weighted by molar-refractivity contribution is 5.88. The average molecular weight is 352 g/mol. The number of anilines is 1. The van der Waals surface area contributed by atoms with Gasteiger partial charge in [-0.15, -0.1) is 0 Å². The molecular formula is C18H24N8. The first kappa shape index (κ1) is 17.7. The monoisotopic (exact) mass is 352 g/mol. The zero-order valence-corrected chi connectivity index (χ0v) is 15.2. The summed E-state index contributed by atoms with van der Waals surface area (Å²) >= 11 is 0. The second kappa shape index (κ2) is 6.62. The number of nitrogen functional groups attached to an aromatic ring is 1. The molecule has 1 aromatic carbocycles. The number of nitrogens with two attached hydrogens (primary N) is 2. The largest absolute Gasteiger partial charge is 0.383 e. The van der Waals surface area contributed by atoms with Crippen LogP contribution in [-0.4, -0.2) is 32.3 Å². The molecule has 0 unspecified atom stereocenters. The van der Waals surface area contributed by atoms with Crippen LogP contribution in [0.5, 0.6) is 0 Å². The van der Waals surface area contributed by atoms with Gasteiger partial charge in [-0.1, -0.05) is 29.8 Å². The van der Waals surface area contributed by atoms with Crippen LogP contribution in [0.4, 0.5) is 5.82 Å². The lowest BCUT2D eigenvalue weighted by Gasteiger charge is -2.26. The Kier molecular flexibility index (Phi) is 4.50. The molecule has 26 heavy (non-hydrogen) atoms. The number of guanidine groups is 1. The molecule has 136 valence electrons. The fraction of sp³-hybridized carbons (Fsp3) is 0.333. The number of hydrogen-bond acceptors (Lipinski definition) is 5. The van der Waals surface area contributed by atoms with Gasteiger partial charge in [-0.25, -0.2) is 14.6 Å². The van der Waals surface area contributed by atoms with Gasteiger partial charge in [0.15, 0.2) is 11.6 Å². The van der Waals surface area contributed by atoms with Crippen LogP contribution in [-0.2, 0) is 12.0 Å². The summed E-state index contributed by atoms with van der Waals surface area (Å²) in [5.41, 5.74) is 15.0. The minimum Gasteiger partial charge on any atom is -0.383 e. The number of rotatable bonds is 5. The number of nitrogens with zero attached hydrogens (tertiary/aromatic N) is 4. The molecule has 0 aliphatic heterocycles. The molecule has 0 bridgehead atoms. The van der Waals surface area contributed by atoms with Gasteiger partial charge in [0.2, 0.25) is 0 Å². The van der Waals surface area contributed by atoms with Crippen LogP contribution in [0.3, 0.4) is 0 Å². The quantitative estimate of drug-likeness (QED) is 0.407. The fourth-order valence-electron chi connectivity index (χ4n) is 2.99. The molecule has 0 fully saturated rings. The molecule has 3 rings (SSSR count). The van der Waals surface area contributed by atoms with Crippen molar-refractivity contribution in [3.05, 3.63) is 47.4 Å². The average Bonchev–Trinajstić information content (AvgIpc) is 2.94. The summed E-state index contributed by atoms with van der Waals surface area (Å²) in [6, 6.07) is 8.30. The lowest BCUT2D eigenvalue weighted by atomic mass is 10.1. The summed E-state index contributed by atoms with van der Waals surface area (Å²) < 4.78 is 1.83. The summed E-state index contributed by atoms with van der Waals surface area (Å²) in [4.78, 5) is 8.55. The summed E-state index contributed by atoms with van der Waals surface area (Å²) in [6.07, 6.45) is 2.08. The van der Waals surface area contributed by atoms with Crippen molar-refractivity contribution < 1.29 is 0 Å². The van der Waals surface area contributed by atoms with Crippen LogP contribution in [0.2, 0.25) is 0 Å². The molecule has 0 amide bonds. The molecule has 0 saturated carbocycles. The molecule has 2 aromatic heterocycles. The van der Waals surface area contributed by atoms with Gasteiger partial charge in [-0.2, -0.15) is 5.10 Å². The molecule has 3 aromatic rings. The molecule has 0 saturated heterocycles. The molecule has 8 heteroatoms. The molecular weight excluding hydrogens is 328 g/mol. The highest BCUT2D eigenvalue weighted by Gasteiger charge is 2.27. The number of nitrogens with one attached hydrogen (secondary N) is 2. The zero-order chi connectivity index (χ0) is 18.9. The first-order valence-corrected chi connectivity index (χ1v) is 8.40. The Labute approximate surface area is 152 Å². The van der Waals surface area contributed by atoms with Gasteiger partial charge >= 0.3 is 0 Å². The smallest absolute Gasteiger partial charge is 0.185 e. The van der Waals surface area contributed by atoms with E-state index in [1.807, 2.05) is 24.6 Å². The number of aromatic nitrogens is 4. The van der Waals surface area contributed by atoms with Crippen molar-refractivity contribution in [1.82, 2.24) is 25.1 Å². The van der Waals surface area contributed by atoms with Crippen LogP contribution < -0.4 is 16.8 Å². The van der Waals surface area contributed by atoms with Crippen molar-refractivity contribution in [2.45, 2.75) is 32.7 Å². The SMILES string of the molecule is Cc1cccc(Cc2nn(C(C)(C)CNC(=N)N)c3ncnc(N)c23)c1. The summed E-state index contributed by atoms with van der Waals surface area (Å²) in [6.45, 7) is 6.51. The number of benzene rings is 1. The Bertz CT molecular complexity index is 957. The van der Waals surface area contributed by atoms with Crippen molar-refractivity contribution in [1.29, 1.82) is 5.41 Å². The van der Waals surface area contributed by atoms with E-state index in [0.29, 0.717) is 24.4 Å². The van der Waals surface area contributed by atoms with Crippen LogP contribution in [0, 0.1) is 12.3 Å². The molecule has 8 nitrogen and oxygen atoms in total. The van der Waals surface area contributed by atoms with Crippen LogP contribution in [0.25, 0.3) is 11.0 Å². The van der Waals surface area contributed by atoms with E-state index in [9.17, 15) is 0 Å². The Morgan fingerprint density at radius 1 is 1.31 bits per heavy atom. The van der Waals surface area contributed by atoms with E-state index in [0.717, 1.165) is 16.6 Å². The van der Waals surface area contributed by atoms with E-state index >= 15 is 0 Å². The Hall–Kier alpha value is -3.16. The van der Waals surface area contributed by atoms with E-state index in [1.165, 1.54) is 11.9 Å². The summed E-state index contributed by atoms with van der Waals surface area (Å²) in [7, 11) is 0. The van der Waals surface area contributed by atoms with Crippen LogP contribution in [0.15, 0.2) is 30.6 Å². The molecule has 2 heterocycles. The van der Waals surface area contributed by atoms with Gasteiger partial charge in [-0.05, 0) is 26.3 Å². The second-order valence-electron chi connectivity index (χ2n) is 7.06. The van der Waals surface area contributed by atoms with Gasteiger partial charge in [0.25, 0.3) is 0 Å². The Balaban J connectivity index is 2.08. The lowest BCUT2D eigenvalue weighted by molar-refractivity contribution is 0.325. The van der Waals surface area contributed by atoms with E-state index in [4.69, 9.17) is 22.0 Å². The summed E-state index contributed by atoms with van der Waals surface area (Å²) in [5.74, 6) is 0.336. The number of fused-ring (bicyclic) bond motifs is 1. The predicted octanol–water partition coefficient (Wildman–Crippen LogP) is 1.53. The van der Waals surface area contributed by atoms with Crippen molar-refractivity contribution in [3.8, 4) is 0 Å². The topological polar surface area (TPSA) is 132 Å². The first-order valence-electron chi connectivity index (χ1n) is 8.40. The predicted molar refractivity (Wildman–Crippen MR) is 103 cm³/mol. The van der Waals surface area contributed by atoms with Gasteiger partial charge in [0.1, 0.15) is 12.1 Å². The maximum Gasteiger partial charge on any atom is 0.185 e. The van der Waals surface area contributed by atoms with Crippen molar-refractivity contribution in [2.75, 3.05) is 12.3 Å². The molecule has 0 spiro atoms. The third kappa shape index (κ3) is 3.44. The normalized spacial score (nSPS) is 11.7. The van der Waals surface area contributed by atoms with E-state index in [2.05, 4.69) is 40.4 Å². The first-order chi connectivity index (χ1) is 12.3. The minimum atomic E-state index is -0.463. The minimum absolute atomic E-state index is 0.0799. The molecule has 0 aliphatic carbocycles. The Morgan fingerprint density at radius 2 is 2.08 bits per heavy atom. The lowest BCUT2D eigenvalue weighted by Crippen LogP contribution is -2.43. The van der Waals surface area contributed by atoms with Crippen molar-refractivity contribution in [2.24, 2.45) is 5.73 Å². The van der Waals surface area contributed by atoms with E-state index < -0.39 is 5.54 Å². The third-order valence-electron chi connectivity index (χ3n) is 4.31. The maximum atomic E-state index is 7.40. The zero-order valence-electron chi connectivity index (χ0n) is 15.2. The second-order valence-corrected chi connectivity index (χ2v) is 7.06. The Morgan fingerprint density at radius 3 is 2.77 bits per heavy atom. The molecule has 0 aliphatic rings. The maximum absolute atomic E-state index is 7.40. The fourth-order valence-corrected chi connectivity index (χ4v) is 2.99. The molecule has 6 N–H and O–H groups in total. The van der Waals surface area contributed by atoms with Gasteiger partial charge in [0.05, 0.1) is 16.6 Å². The number of hydrogen-bond donors (Lipinski definition) is 4. The third-order valence-corrected chi connectivity index (χ3v) is 4.31. The highest BCUT2D eigenvalue weighted by Crippen LogP contribution is 2.28. The van der Waals surface area contributed by atoms with Crippen molar-refractivity contribution in [3.63, 3.8) is 0 Å². The molecule has 0 atom stereocenters. The van der Waals surface area contributed by atoms with Crippen LogP contribution in [0.1, 0.15) is 30.7 Å². The van der Waals surface area contributed by atoms with Gasteiger partial charge < -0.3 is 16.8 Å². The van der Waals surface area contributed by atoms with E-state index in [-0.39, 0.29) is 5.96 Å². The highest BCUT2D eigenvalue weighted by atomic mass is 15.4. The van der Waals surface area contributed by atoms with Gasteiger partial charge in [-0.3, -0.25) is 5.41 Å². The standard InChI is InChI=1S/C18H24N8/c1-11-5-4-6-12(7-11)8-13-14-15(19)23-10-24-16(14)26(25-13)18(2,3)9-22-17(20)21/h4-7,10H,8-9H2,1-3H3,(H2,19,23,24)(H4,20,21,22). The van der Waals surface area contributed by atoms with Gasteiger partial charge in [0, 0.05) is 13.0 Å². The molecule has 0 radical (unpaired) electrons. The van der Waals surface area contributed by atoms with Crippen LogP contribution >= 0.6 is 0 Å². The summed E-state index contributed by atoms with van der Waals surface area (Å²) in [5, 5.41) is 15.8. The number of aryl methyl sites for hydroxylation is 1. The van der Waals surface area contributed by atoms with Crippen molar-refractivity contribution >= 4 is 22.8 Å². The van der Waals surface area contributed by atoms with E-state index in [1.54, 1.807) is 0 Å².